The molecule has 0 spiro atoms. The molecule has 3 aromatic carbocycles. The number of hydrogen-bond donors (Lipinski definition) is 1. The average Bonchev–Trinajstić information content (AvgIpc) is 3.22. The Morgan fingerprint density at radius 3 is 2.69 bits per heavy atom. The maximum absolute atomic E-state index is 12.7. The van der Waals surface area contributed by atoms with Gasteiger partial charge < -0.3 is 10.1 Å². The van der Waals surface area contributed by atoms with Crippen molar-refractivity contribution >= 4 is 50.9 Å². The van der Waals surface area contributed by atoms with Crippen molar-refractivity contribution in [1.82, 2.24) is 9.78 Å². The predicted molar refractivity (Wildman–Crippen MR) is 131 cm³/mol. The summed E-state index contributed by atoms with van der Waals surface area (Å²) in [5.41, 5.74) is 2.29. The molecule has 0 saturated carbocycles. The highest BCUT2D eigenvalue weighted by Gasteiger charge is 2.10. The van der Waals surface area contributed by atoms with Crippen LogP contribution in [-0.2, 0) is 13.2 Å². The molecule has 32 heavy (non-hydrogen) atoms. The Bertz CT molecular complexity index is 1260. The van der Waals surface area contributed by atoms with E-state index in [0.717, 1.165) is 21.3 Å². The van der Waals surface area contributed by atoms with Crippen molar-refractivity contribution in [3.8, 4) is 5.75 Å². The molecule has 0 aliphatic carbocycles. The number of amides is 1. The van der Waals surface area contributed by atoms with Crippen molar-refractivity contribution in [2.24, 2.45) is 0 Å². The van der Waals surface area contributed by atoms with E-state index >= 15 is 0 Å². The first-order valence-electron chi connectivity index (χ1n) is 9.73. The van der Waals surface area contributed by atoms with Crippen molar-refractivity contribution in [2.75, 3.05) is 5.32 Å². The van der Waals surface area contributed by atoms with Gasteiger partial charge in [0.15, 0.2) is 5.82 Å². The quantitative estimate of drug-likeness (QED) is 0.285. The molecular weight excluding hydrogens is 513 g/mol. The number of ether oxygens (including phenoxy) is 1. The molecule has 0 bridgehead atoms. The number of carbonyl (C=O) groups excluding carboxylic acids is 1. The summed E-state index contributed by atoms with van der Waals surface area (Å²) in [7, 11) is 0. The summed E-state index contributed by atoms with van der Waals surface area (Å²) in [5.74, 6) is 0.950. The van der Waals surface area contributed by atoms with Crippen LogP contribution in [0.3, 0.4) is 0 Å². The second-order valence-corrected chi connectivity index (χ2v) is 8.71. The fourth-order valence-electron chi connectivity index (χ4n) is 3.05. The lowest BCUT2D eigenvalue weighted by molar-refractivity contribution is 0.102. The SMILES string of the molecule is O=C(Nc1ccn(Cc2ccc(Cl)cc2Cl)n1)c1cccc(COc2ccccc2Br)c1. The number of nitrogens with zero attached hydrogens (tertiary/aromatic N) is 2. The Morgan fingerprint density at radius 2 is 1.88 bits per heavy atom. The van der Waals surface area contributed by atoms with Crippen LogP contribution in [0.4, 0.5) is 5.82 Å². The molecule has 1 amide bonds. The van der Waals surface area contributed by atoms with Gasteiger partial charge in [0.05, 0.1) is 11.0 Å². The maximum atomic E-state index is 12.7. The number of nitrogens with one attached hydrogen (secondary N) is 1. The molecule has 0 aliphatic heterocycles. The summed E-state index contributed by atoms with van der Waals surface area (Å²) in [5, 5.41) is 8.38. The van der Waals surface area contributed by atoms with Gasteiger partial charge >= 0.3 is 0 Å². The summed E-state index contributed by atoms with van der Waals surface area (Å²) in [6, 6.07) is 22.0. The van der Waals surface area contributed by atoms with E-state index in [1.807, 2.05) is 42.5 Å². The van der Waals surface area contributed by atoms with Crippen molar-refractivity contribution in [2.45, 2.75) is 13.2 Å². The van der Waals surface area contributed by atoms with Crippen LogP contribution in [0.15, 0.2) is 83.5 Å². The lowest BCUT2D eigenvalue weighted by Crippen LogP contribution is -2.13. The highest BCUT2D eigenvalue weighted by Crippen LogP contribution is 2.25. The van der Waals surface area contributed by atoms with Gasteiger partial charge in [-0.05, 0) is 63.5 Å². The fourth-order valence-corrected chi connectivity index (χ4v) is 3.92. The second kappa shape index (κ2) is 10.2. The number of hydrogen-bond acceptors (Lipinski definition) is 3. The molecule has 0 atom stereocenters. The van der Waals surface area contributed by atoms with E-state index in [4.69, 9.17) is 27.9 Å². The minimum atomic E-state index is -0.248. The third-order valence-electron chi connectivity index (χ3n) is 4.65. The van der Waals surface area contributed by atoms with E-state index in [9.17, 15) is 4.79 Å². The highest BCUT2D eigenvalue weighted by atomic mass is 79.9. The Hall–Kier alpha value is -2.80. The zero-order valence-corrected chi connectivity index (χ0v) is 19.9. The number of halogens is 3. The van der Waals surface area contributed by atoms with Gasteiger partial charge in [-0.3, -0.25) is 9.48 Å². The van der Waals surface area contributed by atoms with Crippen LogP contribution in [0.25, 0.3) is 0 Å². The molecule has 162 valence electrons. The van der Waals surface area contributed by atoms with Crippen LogP contribution in [0.2, 0.25) is 10.0 Å². The van der Waals surface area contributed by atoms with Gasteiger partial charge in [-0.2, -0.15) is 5.10 Å². The fraction of sp³-hybridized carbons (Fsp3) is 0.0833. The van der Waals surface area contributed by atoms with Gasteiger partial charge in [0.1, 0.15) is 12.4 Å². The maximum Gasteiger partial charge on any atom is 0.256 e. The summed E-state index contributed by atoms with van der Waals surface area (Å²) in [6.07, 6.45) is 1.78. The van der Waals surface area contributed by atoms with Crippen LogP contribution in [-0.4, -0.2) is 15.7 Å². The monoisotopic (exact) mass is 529 g/mol. The normalized spacial score (nSPS) is 10.7. The van der Waals surface area contributed by atoms with E-state index in [2.05, 4.69) is 26.3 Å². The standard InChI is InChI=1S/C24H18BrCl2N3O2/c25-20-6-1-2-7-22(20)32-15-16-4-3-5-17(12-16)24(31)28-23-10-11-30(29-23)14-18-8-9-19(26)13-21(18)27/h1-13H,14-15H2,(H,28,29,31). The average molecular weight is 531 g/mol. The van der Waals surface area contributed by atoms with Crippen LogP contribution in [0.1, 0.15) is 21.5 Å². The van der Waals surface area contributed by atoms with Gasteiger partial charge in [0.2, 0.25) is 0 Å². The number of benzene rings is 3. The summed E-state index contributed by atoms with van der Waals surface area (Å²) >= 11 is 15.6. The molecule has 4 rings (SSSR count). The number of para-hydroxylation sites is 1. The van der Waals surface area contributed by atoms with Gasteiger partial charge in [-0.25, -0.2) is 0 Å². The third-order valence-corrected chi connectivity index (χ3v) is 5.89. The van der Waals surface area contributed by atoms with Gasteiger partial charge in [-0.1, -0.05) is 53.5 Å². The van der Waals surface area contributed by atoms with E-state index in [0.29, 0.717) is 34.6 Å². The molecule has 1 N–H and O–H groups in total. The molecule has 4 aromatic rings. The minimum absolute atomic E-state index is 0.248. The lowest BCUT2D eigenvalue weighted by atomic mass is 10.1. The third kappa shape index (κ3) is 5.71. The Kier molecular flexibility index (Phi) is 7.15. The smallest absolute Gasteiger partial charge is 0.256 e. The van der Waals surface area contributed by atoms with E-state index in [1.165, 1.54) is 0 Å². The van der Waals surface area contributed by atoms with E-state index in [1.54, 1.807) is 41.2 Å². The van der Waals surface area contributed by atoms with Crippen molar-refractivity contribution < 1.29 is 9.53 Å². The summed E-state index contributed by atoms with van der Waals surface area (Å²) in [4.78, 5) is 12.7. The zero-order chi connectivity index (χ0) is 22.5. The van der Waals surface area contributed by atoms with Gasteiger partial charge in [0.25, 0.3) is 5.91 Å². The van der Waals surface area contributed by atoms with Crippen LogP contribution in [0.5, 0.6) is 5.75 Å². The molecule has 0 radical (unpaired) electrons. The molecule has 1 aromatic heterocycles. The number of carbonyl (C=O) groups is 1. The molecule has 0 aliphatic rings. The second-order valence-electron chi connectivity index (χ2n) is 7.01. The van der Waals surface area contributed by atoms with Crippen molar-refractivity contribution in [1.29, 1.82) is 0 Å². The molecule has 1 heterocycles. The van der Waals surface area contributed by atoms with Crippen molar-refractivity contribution in [3.05, 3.63) is 110 Å². The Labute approximate surface area is 204 Å². The van der Waals surface area contributed by atoms with Crippen LogP contribution < -0.4 is 10.1 Å². The molecule has 8 heteroatoms. The summed E-state index contributed by atoms with van der Waals surface area (Å²) in [6.45, 7) is 0.813. The topological polar surface area (TPSA) is 56.2 Å². The highest BCUT2D eigenvalue weighted by molar-refractivity contribution is 9.10. The molecule has 5 nitrogen and oxygen atoms in total. The first-order valence-corrected chi connectivity index (χ1v) is 11.3. The first kappa shape index (κ1) is 22.4. The van der Waals surface area contributed by atoms with Gasteiger partial charge in [-0.15, -0.1) is 0 Å². The zero-order valence-electron chi connectivity index (χ0n) is 16.8. The summed E-state index contributed by atoms with van der Waals surface area (Å²) < 4.78 is 8.42. The van der Waals surface area contributed by atoms with Crippen LogP contribution >= 0.6 is 39.1 Å². The Morgan fingerprint density at radius 1 is 1.03 bits per heavy atom. The number of anilines is 1. The van der Waals surface area contributed by atoms with E-state index < -0.39 is 0 Å². The Balaban J connectivity index is 1.39. The molecule has 0 fully saturated rings. The molecular formula is C24H18BrCl2N3O2. The molecule has 0 unspecified atom stereocenters. The van der Waals surface area contributed by atoms with Crippen molar-refractivity contribution in [3.63, 3.8) is 0 Å². The number of aromatic nitrogens is 2. The predicted octanol–water partition coefficient (Wildman–Crippen LogP) is 6.83. The van der Waals surface area contributed by atoms with Crippen LogP contribution in [0, 0.1) is 0 Å². The number of rotatable bonds is 7. The molecule has 0 saturated heterocycles. The van der Waals surface area contributed by atoms with E-state index in [-0.39, 0.29) is 5.91 Å². The largest absolute Gasteiger partial charge is 0.488 e. The minimum Gasteiger partial charge on any atom is -0.488 e. The lowest BCUT2D eigenvalue weighted by Gasteiger charge is -2.09. The van der Waals surface area contributed by atoms with Gasteiger partial charge in [0, 0.05) is 27.9 Å². The first-order chi connectivity index (χ1) is 15.5.